The summed E-state index contributed by atoms with van der Waals surface area (Å²) in [6, 6.07) is -0.333. The minimum atomic E-state index is -0.583. The fourth-order valence-electron chi connectivity index (χ4n) is 3.07. The van der Waals surface area contributed by atoms with Gasteiger partial charge in [0.2, 0.25) is 11.8 Å². The van der Waals surface area contributed by atoms with Crippen LogP contribution in [0.3, 0.4) is 0 Å². The summed E-state index contributed by atoms with van der Waals surface area (Å²) in [5.74, 6) is 1.09. The highest BCUT2D eigenvalue weighted by molar-refractivity contribution is 5.99. The summed E-state index contributed by atoms with van der Waals surface area (Å²) in [6.45, 7) is 9.00. The Morgan fingerprint density at radius 3 is 2.37 bits per heavy atom. The van der Waals surface area contributed by atoms with E-state index in [0.717, 1.165) is 25.7 Å². The number of hydrogen-bond donors (Lipinski definition) is 1. The van der Waals surface area contributed by atoms with Crippen LogP contribution in [0.5, 0.6) is 0 Å². The van der Waals surface area contributed by atoms with Crippen molar-refractivity contribution in [3.8, 4) is 0 Å². The van der Waals surface area contributed by atoms with E-state index in [-0.39, 0.29) is 17.9 Å². The minimum Gasteiger partial charge on any atom is -0.340 e. The molecule has 1 saturated heterocycles. The van der Waals surface area contributed by atoms with Crippen LogP contribution in [0.4, 0.5) is 0 Å². The number of piperazine rings is 1. The number of carbonyl (C=O) groups is 2. The second-order valence-corrected chi connectivity index (χ2v) is 6.63. The number of nitrogens with zero attached hydrogens (tertiary/aromatic N) is 1. The van der Waals surface area contributed by atoms with Crippen molar-refractivity contribution in [1.82, 2.24) is 10.2 Å². The van der Waals surface area contributed by atoms with E-state index < -0.39 is 5.54 Å². The van der Waals surface area contributed by atoms with Gasteiger partial charge in [-0.1, -0.05) is 33.6 Å². The Kier molecular flexibility index (Phi) is 3.88. The van der Waals surface area contributed by atoms with Crippen molar-refractivity contribution >= 4 is 11.8 Å². The monoisotopic (exact) mass is 266 g/mol. The van der Waals surface area contributed by atoms with Crippen LogP contribution in [0, 0.1) is 11.8 Å². The van der Waals surface area contributed by atoms with Gasteiger partial charge in [-0.05, 0) is 31.6 Å². The normalized spacial score (nSPS) is 28.1. The lowest BCUT2D eigenvalue weighted by molar-refractivity contribution is -0.155. The van der Waals surface area contributed by atoms with Crippen LogP contribution >= 0.6 is 0 Å². The smallest absolute Gasteiger partial charge is 0.249 e. The SMILES string of the molecule is CC(C)C(C)CN1C(=O)C2(CCCC2)NC(=O)C1C. The van der Waals surface area contributed by atoms with E-state index in [1.807, 2.05) is 11.8 Å². The molecular formula is C15H26N2O2. The predicted molar refractivity (Wildman–Crippen MR) is 74.5 cm³/mol. The van der Waals surface area contributed by atoms with Crippen LogP contribution < -0.4 is 5.32 Å². The minimum absolute atomic E-state index is 0.0115. The first kappa shape index (κ1) is 14.4. The van der Waals surface area contributed by atoms with Gasteiger partial charge in [-0.2, -0.15) is 0 Å². The molecule has 0 aromatic carbocycles. The molecule has 2 aliphatic rings. The molecule has 1 saturated carbocycles. The Bertz CT molecular complexity index is 372. The van der Waals surface area contributed by atoms with Gasteiger partial charge in [-0.25, -0.2) is 0 Å². The zero-order valence-corrected chi connectivity index (χ0v) is 12.5. The fraction of sp³-hybridized carbons (Fsp3) is 0.867. The van der Waals surface area contributed by atoms with E-state index in [0.29, 0.717) is 18.4 Å². The van der Waals surface area contributed by atoms with Crippen LogP contribution in [-0.4, -0.2) is 34.8 Å². The first-order valence-electron chi connectivity index (χ1n) is 7.50. The molecule has 0 radical (unpaired) electrons. The number of carbonyl (C=O) groups excluding carboxylic acids is 2. The molecular weight excluding hydrogens is 240 g/mol. The highest BCUT2D eigenvalue weighted by atomic mass is 16.2. The van der Waals surface area contributed by atoms with E-state index >= 15 is 0 Å². The lowest BCUT2D eigenvalue weighted by atomic mass is 9.89. The van der Waals surface area contributed by atoms with E-state index in [9.17, 15) is 9.59 Å². The Hall–Kier alpha value is -1.06. The van der Waals surface area contributed by atoms with Crippen molar-refractivity contribution in [2.75, 3.05) is 6.54 Å². The van der Waals surface area contributed by atoms with Crippen LogP contribution in [0.1, 0.15) is 53.4 Å². The average molecular weight is 266 g/mol. The third kappa shape index (κ3) is 2.49. The van der Waals surface area contributed by atoms with Crippen molar-refractivity contribution in [2.24, 2.45) is 11.8 Å². The van der Waals surface area contributed by atoms with Crippen LogP contribution in [-0.2, 0) is 9.59 Å². The van der Waals surface area contributed by atoms with Crippen LogP contribution in [0.15, 0.2) is 0 Å². The lowest BCUT2D eigenvalue weighted by Crippen LogP contribution is -2.69. The summed E-state index contributed by atoms with van der Waals surface area (Å²) in [6.07, 6.45) is 3.68. The highest BCUT2D eigenvalue weighted by Crippen LogP contribution is 2.35. The van der Waals surface area contributed by atoms with Gasteiger partial charge in [0.05, 0.1) is 0 Å². The molecule has 1 aliphatic carbocycles. The predicted octanol–water partition coefficient (Wildman–Crippen LogP) is 1.94. The standard InChI is InChI=1S/C15H26N2O2/c1-10(2)11(3)9-17-12(4)13(18)16-15(14(17)19)7-5-6-8-15/h10-12H,5-9H2,1-4H3,(H,16,18). The number of amides is 2. The van der Waals surface area contributed by atoms with Gasteiger partial charge >= 0.3 is 0 Å². The first-order chi connectivity index (χ1) is 8.87. The summed E-state index contributed by atoms with van der Waals surface area (Å²) in [7, 11) is 0. The molecule has 2 atom stereocenters. The summed E-state index contributed by atoms with van der Waals surface area (Å²) in [4.78, 5) is 26.7. The first-order valence-corrected chi connectivity index (χ1v) is 7.50. The largest absolute Gasteiger partial charge is 0.340 e. The topological polar surface area (TPSA) is 49.4 Å². The van der Waals surface area contributed by atoms with E-state index in [1.165, 1.54) is 0 Å². The molecule has 1 spiro atoms. The van der Waals surface area contributed by atoms with Gasteiger partial charge in [-0.3, -0.25) is 9.59 Å². The van der Waals surface area contributed by atoms with E-state index in [2.05, 4.69) is 26.1 Å². The second-order valence-electron chi connectivity index (χ2n) is 6.63. The molecule has 1 N–H and O–H groups in total. The van der Waals surface area contributed by atoms with Gasteiger partial charge < -0.3 is 10.2 Å². The lowest BCUT2D eigenvalue weighted by Gasteiger charge is -2.44. The third-order valence-corrected chi connectivity index (χ3v) is 4.96. The van der Waals surface area contributed by atoms with E-state index in [4.69, 9.17) is 0 Å². The van der Waals surface area contributed by atoms with Crippen molar-refractivity contribution in [3.63, 3.8) is 0 Å². The molecule has 0 bridgehead atoms. The molecule has 1 aliphatic heterocycles. The molecule has 4 heteroatoms. The molecule has 0 aromatic heterocycles. The van der Waals surface area contributed by atoms with Crippen LogP contribution in [0.2, 0.25) is 0 Å². The molecule has 4 nitrogen and oxygen atoms in total. The molecule has 1 heterocycles. The molecule has 2 fully saturated rings. The molecule has 0 aromatic rings. The van der Waals surface area contributed by atoms with Gasteiger partial charge in [0, 0.05) is 6.54 Å². The summed E-state index contributed by atoms with van der Waals surface area (Å²) >= 11 is 0. The Labute approximate surface area is 115 Å². The molecule has 2 amide bonds. The van der Waals surface area contributed by atoms with E-state index in [1.54, 1.807) is 0 Å². The van der Waals surface area contributed by atoms with Gasteiger partial charge in [-0.15, -0.1) is 0 Å². The second kappa shape index (κ2) is 5.14. The fourth-order valence-corrected chi connectivity index (χ4v) is 3.07. The average Bonchev–Trinajstić information content (AvgIpc) is 2.81. The summed E-state index contributed by atoms with van der Waals surface area (Å²) in [5.41, 5.74) is -0.583. The summed E-state index contributed by atoms with van der Waals surface area (Å²) in [5, 5.41) is 2.99. The van der Waals surface area contributed by atoms with Crippen molar-refractivity contribution in [1.29, 1.82) is 0 Å². The Morgan fingerprint density at radius 1 is 1.26 bits per heavy atom. The van der Waals surface area contributed by atoms with Gasteiger partial charge in [0.15, 0.2) is 0 Å². The molecule has 108 valence electrons. The zero-order valence-electron chi connectivity index (χ0n) is 12.5. The molecule has 19 heavy (non-hydrogen) atoms. The third-order valence-electron chi connectivity index (χ3n) is 4.96. The Balaban J connectivity index is 2.19. The maximum Gasteiger partial charge on any atom is 0.249 e. The Morgan fingerprint density at radius 2 is 1.84 bits per heavy atom. The van der Waals surface area contributed by atoms with Gasteiger partial charge in [0.1, 0.15) is 11.6 Å². The number of hydrogen-bond acceptors (Lipinski definition) is 2. The molecule has 2 unspecified atom stereocenters. The maximum atomic E-state index is 12.8. The number of rotatable bonds is 3. The zero-order chi connectivity index (χ0) is 14.2. The highest BCUT2D eigenvalue weighted by Gasteiger charge is 2.50. The van der Waals surface area contributed by atoms with Crippen LogP contribution in [0.25, 0.3) is 0 Å². The summed E-state index contributed by atoms with van der Waals surface area (Å²) < 4.78 is 0. The quantitative estimate of drug-likeness (QED) is 0.848. The van der Waals surface area contributed by atoms with Gasteiger partial charge in [0.25, 0.3) is 0 Å². The molecule has 2 rings (SSSR count). The maximum absolute atomic E-state index is 12.8. The number of nitrogens with one attached hydrogen (secondary N) is 1. The van der Waals surface area contributed by atoms with Crippen molar-refractivity contribution < 1.29 is 9.59 Å². The van der Waals surface area contributed by atoms with Crippen molar-refractivity contribution in [3.05, 3.63) is 0 Å². The van der Waals surface area contributed by atoms with Crippen molar-refractivity contribution in [2.45, 2.75) is 65.0 Å².